The molecule has 2 aromatic carbocycles. The summed E-state index contributed by atoms with van der Waals surface area (Å²) in [6, 6.07) is 9.39. The lowest BCUT2D eigenvalue weighted by Crippen LogP contribution is -2.60. The first-order valence-corrected chi connectivity index (χ1v) is 16.6. The van der Waals surface area contributed by atoms with Gasteiger partial charge < -0.3 is 9.84 Å². The van der Waals surface area contributed by atoms with Crippen LogP contribution in [0.25, 0.3) is 0 Å². The van der Waals surface area contributed by atoms with Gasteiger partial charge in [0.05, 0.1) is 25.0 Å². The van der Waals surface area contributed by atoms with Crippen molar-refractivity contribution in [3.63, 3.8) is 0 Å². The van der Waals surface area contributed by atoms with Crippen molar-refractivity contribution in [1.29, 1.82) is 0 Å². The van der Waals surface area contributed by atoms with Crippen LogP contribution >= 0.6 is 34.5 Å². The average molecular weight is 742 g/mol. The molecule has 16 heteroatoms. The zero-order valence-corrected chi connectivity index (χ0v) is 27.2. The maximum atomic E-state index is 15.2. The molecule has 3 aromatic rings. The number of carbonyl (C=O) groups is 4. The zero-order valence-electron chi connectivity index (χ0n) is 24.9. The summed E-state index contributed by atoms with van der Waals surface area (Å²) < 4.78 is 78.6. The molecule has 2 saturated heterocycles. The molecule has 0 radical (unpaired) electrons. The van der Waals surface area contributed by atoms with E-state index < -0.39 is 98.2 Å². The van der Waals surface area contributed by atoms with Crippen molar-refractivity contribution >= 4 is 63.9 Å². The van der Waals surface area contributed by atoms with E-state index in [0.717, 1.165) is 9.78 Å². The smallest absolute Gasteiger partial charge is 0.258 e. The standard InChI is InChI=1S/C33H23Cl2F5N2O6S/c34-32-12-19-17(7-8-18-20(19)29(45)41(28(18)44)13-16-2-1-11-49-16)21(14-3-5-15(6-4-14)48-10-9-43)33(32,35)31(47)42(30(32)46)27-25(39)23(37)22(36)24(38)26(27)40/h1-7,11,18-21,43H,8-10,12-13H2/t18-,19+,20-,21-,32+,33-/m0/s1. The third-order valence-electron chi connectivity index (χ3n) is 9.78. The Labute approximate surface area is 288 Å². The summed E-state index contributed by atoms with van der Waals surface area (Å²) in [6.07, 6.45) is 1.09. The summed E-state index contributed by atoms with van der Waals surface area (Å²) in [5.74, 6) is -20.3. The van der Waals surface area contributed by atoms with Crippen molar-refractivity contribution in [3.8, 4) is 5.75 Å². The van der Waals surface area contributed by atoms with E-state index in [9.17, 15) is 32.3 Å². The number of halogens is 7. The number of allylic oxidation sites excluding steroid dienone is 2. The molecule has 1 N–H and O–H groups in total. The Kier molecular flexibility index (Phi) is 8.16. The van der Waals surface area contributed by atoms with Crippen molar-refractivity contribution in [2.24, 2.45) is 17.8 Å². The molecule has 0 bridgehead atoms. The number of aliphatic hydroxyl groups is 1. The highest BCUT2D eigenvalue weighted by atomic mass is 35.5. The highest BCUT2D eigenvalue weighted by Gasteiger charge is 2.77. The molecule has 1 saturated carbocycles. The van der Waals surface area contributed by atoms with Gasteiger partial charge in [-0.3, -0.25) is 24.1 Å². The van der Waals surface area contributed by atoms with Crippen molar-refractivity contribution in [3.05, 3.63) is 93.0 Å². The molecule has 2 aliphatic carbocycles. The molecule has 6 atom stereocenters. The number of hydrogen-bond donors (Lipinski definition) is 1. The number of thiophene rings is 1. The van der Waals surface area contributed by atoms with Crippen LogP contribution in [0.5, 0.6) is 5.75 Å². The van der Waals surface area contributed by atoms with Crippen LogP contribution in [-0.2, 0) is 25.7 Å². The van der Waals surface area contributed by atoms with Crippen molar-refractivity contribution in [2.75, 3.05) is 18.1 Å². The molecule has 3 heterocycles. The van der Waals surface area contributed by atoms with Crippen molar-refractivity contribution in [2.45, 2.75) is 35.1 Å². The summed E-state index contributed by atoms with van der Waals surface area (Å²) in [4.78, 5) is 52.6. The third-order valence-corrected chi connectivity index (χ3v) is 12.1. The normalized spacial score (nSPS) is 29.3. The Bertz CT molecular complexity index is 1930. The van der Waals surface area contributed by atoms with Gasteiger partial charge in [-0.1, -0.05) is 29.8 Å². The number of benzene rings is 2. The number of carbonyl (C=O) groups excluding carboxylic acids is 4. The van der Waals surface area contributed by atoms with E-state index in [2.05, 4.69) is 0 Å². The van der Waals surface area contributed by atoms with Crippen LogP contribution in [0.15, 0.2) is 53.4 Å². The van der Waals surface area contributed by atoms with Crippen molar-refractivity contribution < 1.29 is 51.0 Å². The second-order valence-electron chi connectivity index (χ2n) is 12.2. The molecule has 8 nitrogen and oxygen atoms in total. The SMILES string of the molecule is O=C1[C@H]2[C@H](CC=C3[C@H]2C[C@@]2(Cl)C(=O)N(c4c(F)c(F)c(F)c(F)c4F)C(=O)[C@@]2(Cl)[C@H]3c2ccc(OCCO)cc2)C(=O)N1Cc1cccs1. The lowest BCUT2D eigenvalue weighted by Gasteiger charge is -2.50. The predicted octanol–water partition coefficient (Wildman–Crippen LogP) is 5.58. The Hall–Kier alpha value is -3.85. The number of nitrogens with zero attached hydrogens (tertiary/aromatic N) is 2. The van der Waals surface area contributed by atoms with Crippen LogP contribution in [0.4, 0.5) is 27.6 Å². The van der Waals surface area contributed by atoms with Gasteiger partial charge in [0.25, 0.3) is 11.8 Å². The van der Waals surface area contributed by atoms with Gasteiger partial charge >= 0.3 is 0 Å². The third kappa shape index (κ3) is 4.63. The van der Waals surface area contributed by atoms with Gasteiger partial charge in [0.15, 0.2) is 33.0 Å². The van der Waals surface area contributed by atoms with Crippen LogP contribution in [0.1, 0.15) is 29.2 Å². The number of alkyl halides is 2. The van der Waals surface area contributed by atoms with E-state index in [1.54, 1.807) is 23.6 Å². The highest BCUT2D eigenvalue weighted by Crippen LogP contribution is 2.66. The van der Waals surface area contributed by atoms with Gasteiger partial charge in [0.2, 0.25) is 17.6 Å². The minimum Gasteiger partial charge on any atom is -0.491 e. The maximum Gasteiger partial charge on any atom is 0.258 e. The monoisotopic (exact) mass is 740 g/mol. The molecule has 4 aliphatic rings. The van der Waals surface area contributed by atoms with Gasteiger partial charge in [-0.25, -0.2) is 26.9 Å². The van der Waals surface area contributed by atoms with E-state index in [1.165, 1.54) is 35.6 Å². The van der Waals surface area contributed by atoms with Crippen LogP contribution in [-0.4, -0.2) is 56.6 Å². The van der Waals surface area contributed by atoms with Crippen LogP contribution in [0.3, 0.4) is 0 Å². The molecule has 2 aliphatic heterocycles. The maximum absolute atomic E-state index is 15.2. The quantitative estimate of drug-likeness (QED) is 0.0848. The largest absolute Gasteiger partial charge is 0.491 e. The minimum absolute atomic E-state index is 0.0000217. The summed E-state index contributed by atoms with van der Waals surface area (Å²) in [7, 11) is 0. The Balaban J connectivity index is 1.39. The number of hydrogen-bond acceptors (Lipinski definition) is 7. The lowest BCUT2D eigenvalue weighted by molar-refractivity contribution is -0.141. The average Bonchev–Trinajstić information content (AvgIpc) is 3.73. The van der Waals surface area contributed by atoms with E-state index in [4.69, 9.17) is 33.0 Å². The first-order chi connectivity index (χ1) is 23.3. The molecular weight excluding hydrogens is 718 g/mol. The number of likely N-dealkylation sites (tertiary alicyclic amines) is 1. The molecule has 4 amide bonds. The Morgan fingerprint density at radius 1 is 0.878 bits per heavy atom. The van der Waals surface area contributed by atoms with E-state index in [1.807, 2.05) is 0 Å². The van der Waals surface area contributed by atoms with Gasteiger partial charge in [0.1, 0.15) is 18.0 Å². The van der Waals surface area contributed by atoms with Gasteiger partial charge in [-0.05, 0) is 47.9 Å². The Morgan fingerprint density at radius 2 is 1.53 bits per heavy atom. The fraction of sp³-hybridized carbons (Fsp3) is 0.333. The summed E-state index contributed by atoms with van der Waals surface area (Å²) in [5, 5.41) is 10.9. The topological polar surface area (TPSA) is 104 Å². The van der Waals surface area contributed by atoms with Gasteiger partial charge in [-0.15, -0.1) is 34.5 Å². The minimum atomic E-state index is -2.61. The molecule has 7 rings (SSSR count). The number of rotatable bonds is 7. The molecule has 0 spiro atoms. The number of anilines is 1. The van der Waals surface area contributed by atoms with Crippen LogP contribution in [0.2, 0.25) is 0 Å². The number of imide groups is 2. The molecular formula is C33H23Cl2F5N2O6S. The summed E-state index contributed by atoms with van der Waals surface area (Å²) in [5.41, 5.74) is -1.26. The molecule has 0 unspecified atom stereocenters. The lowest BCUT2D eigenvalue weighted by atomic mass is 9.56. The van der Waals surface area contributed by atoms with Gasteiger partial charge in [0, 0.05) is 10.8 Å². The number of aliphatic hydroxyl groups excluding tert-OH is 1. The van der Waals surface area contributed by atoms with Crippen LogP contribution < -0.4 is 9.64 Å². The molecule has 1 aromatic heterocycles. The summed E-state index contributed by atoms with van der Waals surface area (Å²) >= 11 is 15.6. The zero-order chi connectivity index (χ0) is 35.2. The molecule has 3 fully saturated rings. The second kappa shape index (κ2) is 11.9. The number of fused-ring (bicyclic) bond motifs is 4. The number of amides is 4. The Morgan fingerprint density at radius 3 is 2.14 bits per heavy atom. The van der Waals surface area contributed by atoms with E-state index in [0.29, 0.717) is 11.3 Å². The first-order valence-electron chi connectivity index (χ1n) is 15.0. The summed E-state index contributed by atoms with van der Waals surface area (Å²) in [6.45, 7) is -0.341. The fourth-order valence-electron chi connectivity index (χ4n) is 7.64. The number of ether oxygens (including phenoxy) is 1. The molecule has 49 heavy (non-hydrogen) atoms. The fourth-order valence-corrected chi connectivity index (χ4v) is 9.27. The predicted molar refractivity (Wildman–Crippen MR) is 165 cm³/mol. The second-order valence-corrected chi connectivity index (χ2v) is 14.4. The molecule has 256 valence electrons. The van der Waals surface area contributed by atoms with E-state index in [-0.39, 0.29) is 36.6 Å². The van der Waals surface area contributed by atoms with Gasteiger partial charge in [-0.2, -0.15) is 0 Å². The first kappa shape index (κ1) is 33.6. The highest BCUT2D eigenvalue weighted by molar-refractivity contribution is 7.09. The van der Waals surface area contributed by atoms with Crippen LogP contribution in [0, 0.1) is 46.8 Å². The van der Waals surface area contributed by atoms with Crippen molar-refractivity contribution in [1.82, 2.24) is 4.90 Å². The van der Waals surface area contributed by atoms with E-state index >= 15 is 8.78 Å².